The molecular weight excluding hydrogens is 278 g/mol. The number of benzene rings is 1. The molecule has 21 heavy (non-hydrogen) atoms. The van der Waals surface area contributed by atoms with E-state index in [0.29, 0.717) is 0 Å². The number of nitrogens with zero attached hydrogens (tertiary/aromatic N) is 3. The first kappa shape index (κ1) is 15.9. The zero-order valence-electron chi connectivity index (χ0n) is 13.0. The van der Waals surface area contributed by atoms with Gasteiger partial charge in [0.2, 0.25) is 0 Å². The van der Waals surface area contributed by atoms with Gasteiger partial charge in [-0.2, -0.15) is 0 Å². The molecule has 0 aliphatic rings. The highest BCUT2D eigenvalue weighted by Crippen LogP contribution is 2.18. The van der Waals surface area contributed by atoms with E-state index in [1.165, 1.54) is 10.5 Å². The second-order valence-electron chi connectivity index (χ2n) is 5.26. The summed E-state index contributed by atoms with van der Waals surface area (Å²) in [7, 11) is 4.20. The molecule has 4 heteroatoms. The minimum absolute atomic E-state index is 0.888. The van der Waals surface area contributed by atoms with Gasteiger partial charge in [-0.05, 0) is 50.2 Å². The van der Waals surface area contributed by atoms with E-state index in [1.807, 2.05) is 18.3 Å². The van der Waals surface area contributed by atoms with Gasteiger partial charge in [-0.25, -0.2) is 4.98 Å². The van der Waals surface area contributed by atoms with Crippen molar-refractivity contribution in [2.75, 3.05) is 38.3 Å². The van der Waals surface area contributed by atoms with Gasteiger partial charge in [0.25, 0.3) is 0 Å². The fraction of sp³-hybridized carbons (Fsp3) is 0.353. The van der Waals surface area contributed by atoms with Crippen LogP contribution in [-0.4, -0.2) is 43.3 Å². The van der Waals surface area contributed by atoms with Crippen molar-refractivity contribution in [2.45, 2.75) is 11.4 Å². The molecule has 0 fully saturated rings. The number of hydrogen-bond acceptors (Lipinski definition) is 4. The van der Waals surface area contributed by atoms with Gasteiger partial charge in [-0.3, -0.25) is 0 Å². The van der Waals surface area contributed by atoms with E-state index in [0.717, 1.165) is 25.5 Å². The highest BCUT2D eigenvalue weighted by atomic mass is 32.2. The minimum Gasteiger partial charge on any atom is -0.351 e. The summed E-state index contributed by atoms with van der Waals surface area (Å²) >= 11 is 1.77. The topological polar surface area (TPSA) is 19.4 Å². The molecule has 0 radical (unpaired) electrons. The van der Waals surface area contributed by atoms with Crippen LogP contribution in [0.5, 0.6) is 0 Å². The third kappa shape index (κ3) is 5.06. The molecule has 0 N–H and O–H groups in total. The van der Waals surface area contributed by atoms with Crippen LogP contribution < -0.4 is 4.90 Å². The van der Waals surface area contributed by atoms with Gasteiger partial charge in [-0.1, -0.05) is 18.2 Å². The van der Waals surface area contributed by atoms with E-state index in [-0.39, 0.29) is 0 Å². The van der Waals surface area contributed by atoms with Crippen LogP contribution in [-0.2, 0) is 6.54 Å². The first-order valence-electron chi connectivity index (χ1n) is 7.12. The Bertz CT molecular complexity index is 525. The van der Waals surface area contributed by atoms with Gasteiger partial charge < -0.3 is 9.80 Å². The Morgan fingerprint density at radius 2 is 1.76 bits per heavy atom. The lowest BCUT2D eigenvalue weighted by Gasteiger charge is -2.25. The van der Waals surface area contributed by atoms with Crippen LogP contribution in [0.25, 0.3) is 0 Å². The number of likely N-dealkylation sites (N-methyl/N-ethyl adjacent to an activating group) is 1. The van der Waals surface area contributed by atoms with Crippen LogP contribution >= 0.6 is 11.8 Å². The van der Waals surface area contributed by atoms with Crippen LogP contribution in [0.15, 0.2) is 53.6 Å². The molecule has 0 amide bonds. The van der Waals surface area contributed by atoms with Crippen molar-refractivity contribution in [3.8, 4) is 0 Å². The summed E-state index contributed by atoms with van der Waals surface area (Å²) < 4.78 is 0. The van der Waals surface area contributed by atoms with Crippen molar-refractivity contribution in [3.63, 3.8) is 0 Å². The predicted octanol–water partition coefficient (Wildman–Crippen LogP) is 3.37. The fourth-order valence-electron chi connectivity index (χ4n) is 2.09. The van der Waals surface area contributed by atoms with Crippen LogP contribution in [0.1, 0.15) is 5.56 Å². The summed E-state index contributed by atoms with van der Waals surface area (Å²) in [5, 5.41) is 0. The summed E-state index contributed by atoms with van der Waals surface area (Å²) in [5.74, 6) is 1.04. The molecule has 1 aromatic heterocycles. The lowest BCUT2D eigenvalue weighted by atomic mass is 10.2. The molecule has 112 valence electrons. The monoisotopic (exact) mass is 301 g/mol. The second-order valence-corrected chi connectivity index (χ2v) is 6.14. The smallest absolute Gasteiger partial charge is 0.128 e. The summed E-state index contributed by atoms with van der Waals surface area (Å²) in [4.78, 5) is 10.3. The lowest BCUT2D eigenvalue weighted by Crippen LogP contribution is -2.31. The zero-order chi connectivity index (χ0) is 15.1. The van der Waals surface area contributed by atoms with Crippen molar-refractivity contribution in [3.05, 3.63) is 54.2 Å². The van der Waals surface area contributed by atoms with Crippen molar-refractivity contribution >= 4 is 17.6 Å². The number of anilines is 1. The molecular formula is C17H23N3S. The number of pyridine rings is 1. The molecule has 0 atom stereocenters. The third-order valence-electron chi connectivity index (χ3n) is 3.32. The minimum atomic E-state index is 0.888. The maximum atomic E-state index is 4.49. The molecule has 1 heterocycles. The van der Waals surface area contributed by atoms with Gasteiger partial charge >= 0.3 is 0 Å². The largest absolute Gasteiger partial charge is 0.351 e. The Balaban J connectivity index is 2.10. The Labute approximate surface area is 132 Å². The van der Waals surface area contributed by atoms with E-state index in [2.05, 4.69) is 65.5 Å². The molecule has 0 bridgehead atoms. The number of hydrogen-bond donors (Lipinski definition) is 0. The molecule has 0 unspecified atom stereocenters. The Morgan fingerprint density at radius 1 is 1.00 bits per heavy atom. The molecule has 0 saturated heterocycles. The van der Waals surface area contributed by atoms with Crippen molar-refractivity contribution in [1.82, 2.24) is 9.88 Å². The van der Waals surface area contributed by atoms with E-state index in [9.17, 15) is 0 Å². The quantitative estimate of drug-likeness (QED) is 0.730. The van der Waals surface area contributed by atoms with E-state index in [4.69, 9.17) is 0 Å². The average molecular weight is 301 g/mol. The normalized spacial score (nSPS) is 10.9. The SMILES string of the molecule is CSc1ccc(CN(CCN(C)C)c2ccccn2)cc1. The van der Waals surface area contributed by atoms with Gasteiger partial charge in [-0.15, -0.1) is 11.8 Å². The molecule has 0 saturated carbocycles. The average Bonchev–Trinajstić information content (AvgIpc) is 2.52. The van der Waals surface area contributed by atoms with Crippen molar-refractivity contribution in [1.29, 1.82) is 0 Å². The molecule has 1 aromatic carbocycles. The van der Waals surface area contributed by atoms with E-state index >= 15 is 0 Å². The van der Waals surface area contributed by atoms with E-state index < -0.39 is 0 Å². The summed E-state index contributed by atoms with van der Waals surface area (Å²) in [6.07, 6.45) is 3.96. The van der Waals surface area contributed by atoms with Crippen LogP contribution in [0.4, 0.5) is 5.82 Å². The predicted molar refractivity (Wildman–Crippen MR) is 92.1 cm³/mol. The van der Waals surface area contributed by atoms with Gasteiger partial charge in [0, 0.05) is 30.7 Å². The molecule has 3 nitrogen and oxygen atoms in total. The van der Waals surface area contributed by atoms with Crippen LogP contribution in [0.3, 0.4) is 0 Å². The maximum absolute atomic E-state index is 4.49. The molecule has 0 spiro atoms. The third-order valence-corrected chi connectivity index (χ3v) is 4.07. The summed E-state index contributed by atoms with van der Waals surface area (Å²) in [6, 6.07) is 14.9. The van der Waals surface area contributed by atoms with Gasteiger partial charge in [0.05, 0.1) is 0 Å². The molecule has 2 rings (SSSR count). The Hall–Kier alpha value is -1.52. The Kier molecular flexibility index (Phi) is 6.08. The number of rotatable bonds is 7. The van der Waals surface area contributed by atoms with Crippen LogP contribution in [0, 0.1) is 0 Å². The van der Waals surface area contributed by atoms with Crippen LogP contribution in [0.2, 0.25) is 0 Å². The standard InChI is InChI=1S/C17H23N3S/c1-19(2)12-13-20(17-6-4-5-11-18-17)14-15-7-9-16(21-3)10-8-15/h4-11H,12-14H2,1-3H3. The molecule has 0 aliphatic heterocycles. The second kappa shape index (κ2) is 8.05. The first-order chi connectivity index (χ1) is 10.2. The highest BCUT2D eigenvalue weighted by Gasteiger charge is 2.09. The summed E-state index contributed by atoms with van der Waals surface area (Å²) in [5.41, 5.74) is 1.32. The maximum Gasteiger partial charge on any atom is 0.128 e. The number of aromatic nitrogens is 1. The number of thioether (sulfide) groups is 1. The molecule has 0 aliphatic carbocycles. The first-order valence-corrected chi connectivity index (χ1v) is 8.35. The summed E-state index contributed by atoms with van der Waals surface area (Å²) in [6.45, 7) is 2.87. The highest BCUT2D eigenvalue weighted by molar-refractivity contribution is 7.98. The van der Waals surface area contributed by atoms with Crippen molar-refractivity contribution < 1.29 is 0 Å². The lowest BCUT2D eigenvalue weighted by molar-refractivity contribution is 0.412. The Morgan fingerprint density at radius 3 is 2.33 bits per heavy atom. The van der Waals surface area contributed by atoms with E-state index in [1.54, 1.807) is 11.8 Å². The van der Waals surface area contributed by atoms with Crippen molar-refractivity contribution in [2.24, 2.45) is 0 Å². The van der Waals surface area contributed by atoms with Gasteiger partial charge in [0.1, 0.15) is 5.82 Å². The molecule has 2 aromatic rings. The zero-order valence-corrected chi connectivity index (χ0v) is 13.8. The fourth-order valence-corrected chi connectivity index (χ4v) is 2.50. The van der Waals surface area contributed by atoms with Gasteiger partial charge in [0.15, 0.2) is 0 Å².